The zero-order chi connectivity index (χ0) is 12.9. The maximum Gasteiger partial charge on any atom is 0.419 e. The van der Waals surface area contributed by atoms with Gasteiger partial charge in [0.2, 0.25) is 0 Å². The summed E-state index contributed by atoms with van der Waals surface area (Å²) in [5.74, 6) is 0.441. The second-order valence-corrected chi connectivity index (χ2v) is 4.98. The molecule has 1 aromatic carbocycles. The van der Waals surface area contributed by atoms with Crippen LogP contribution in [0.2, 0.25) is 0 Å². The van der Waals surface area contributed by atoms with E-state index in [0.717, 1.165) is 11.9 Å². The lowest BCUT2D eigenvalue weighted by Crippen LogP contribution is -2.12. The Morgan fingerprint density at radius 2 is 2.22 bits per heavy atom. The Kier molecular flexibility index (Phi) is 2.40. The number of benzene rings is 1. The normalized spacial score (nSPS) is 22.3. The number of aryl methyl sites for hydroxylation is 1. The predicted octanol–water partition coefficient (Wildman–Crippen LogP) is 2.45. The third kappa shape index (κ3) is 1.60. The standard InChI is InChI=1S/C14H15NO3/c1-3-15-11-5-4-9(7-12(11)18-14(15)17)13(16)10-6-8(10)2/h4-5,7-8,10H,3,6H2,1-2H3. The van der Waals surface area contributed by atoms with Crippen molar-refractivity contribution >= 4 is 16.9 Å². The molecule has 4 heteroatoms. The first kappa shape index (κ1) is 11.3. The van der Waals surface area contributed by atoms with Gasteiger partial charge in [0.15, 0.2) is 11.4 Å². The van der Waals surface area contributed by atoms with E-state index in [9.17, 15) is 9.59 Å². The Bertz CT molecular complexity index is 680. The zero-order valence-electron chi connectivity index (χ0n) is 10.5. The van der Waals surface area contributed by atoms with Gasteiger partial charge in [0.05, 0.1) is 5.52 Å². The van der Waals surface area contributed by atoms with E-state index >= 15 is 0 Å². The van der Waals surface area contributed by atoms with Crippen LogP contribution in [0, 0.1) is 11.8 Å². The van der Waals surface area contributed by atoms with Crippen LogP contribution < -0.4 is 5.76 Å². The first-order chi connectivity index (χ1) is 8.61. The number of hydrogen-bond acceptors (Lipinski definition) is 3. The molecule has 0 spiro atoms. The molecule has 2 atom stereocenters. The summed E-state index contributed by atoms with van der Waals surface area (Å²) in [6.45, 7) is 4.54. The highest BCUT2D eigenvalue weighted by atomic mass is 16.4. The third-order valence-electron chi connectivity index (χ3n) is 3.72. The molecule has 1 saturated carbocycles. The molecule has 18 heavy (non-hydrogen) atoms. The molecule has 1 aromatic heterocycles. The van der Waals surface area contributed by atoms with Crippen LogP contribution in [-0.4, -0.2) is 10.4 Å². The third-order valence-corrected chi connectivity index (χ3v) is 3.72. The molecule has 4 nitrogen and oxygen atoms in total. The van der Waals surface area contributed by atoms with E-state index in [-0.39, 0.29) is 17.5 Å². The van der Waals surface area contributed by atoms with Gasteiger partial charge in [-0.2, -0.15) is 0 Å². The van der Waals surface area contributed by atoms with E-state index in [1.54, 1.807) is 22.8 Å². The Morgan fingerprint density at radius 3 is 2.83 bits per heavy atom. The van der Waals surface area contributed by atoms with Crippen LogP contribution in [-0.2, 0) is 6.54 Å². The van der Waals surface area contributed by atoms with Crippen LogP contribution in [0.25, 0.3) is 11.1 Å². The largest absolute Gasteiger partial charge is 0.419 e. The molecule has 0 N–H and O–H groups in total. The molecule has 94 valence electrons. The number of hydrogen-bond donors (Lipinski definition) is 0. The lowest BCUT2D eigenvalue weighted by atomic mass is 10.1. The van der Waals surface area contributed by atoms with Crippen molar-refractivity contribution in [2.75, 3.05) is 0 Å². The van der Waals surface area contributed by atoms with E-state index in [4.69, 9.17) is 4.42 Å². The van der Waals surface area contributed by atoms with Gasteiger partial charge in [0, 0.05) is 18.0 Å². The van der Waals surface area contributed by atoms with Crippen LogP contribution in [0.15, 0.2) is 27.4 Å². The van der Waals surface area contributed by atoms with Crippen molar-refractivity contribution in [3.63, 3.8) is 0 Å². The number of oxazole rings is 1. The summed E-state index contributed by atoms with van der Waals surface area (Å²) in [4.78, 5) is 23.7. The van der Waals surface area contributed by atoms with E-state index in [1.165, 1.54) is 0 Å². The summed E-state index contributed by atoms with van der Waals surface area (Å²) in [5.41, 5.74) is 1.90. The average Bonchev–Trinajstić information content (AvgIpc) is 2.99. The highest BCUT2D eigenvalue weighted by molar-refractivity contribution is 6.01. The molecule has 1 aliphatic rings. The van der Waals surface area contributed by atoms with Crippen LogP contribution >= 0.6 is 0 Å². The molecule has 1 heterocycles. The Hall–Kier alpha value is -1.84. The summed E-state index contributed by atoms with van der Waals surface area (Å²) in [6.07, 6.45) is 0.969. The number of carbonyl (C=O) groups is 1. The summed E-state index contributed by atoms with van der Waals surface area (Å²) >= 11 is 0. The number of nitrogens with zero attached hydrogens (tertiary/aromatic N) is 1. The quantitative estimate of drug-likeness (QED) is 0.780. The van der Waals surface area contributed by atoms with Gasteiger partial charge >= 0.3 is 5.76 Å². The van der Waals surface area contributed by atoms with Crippen molar-refractivity contribution in [3.05, 3.63) is 34.3 Å². The van der Waals surface area contributed by atoms with Crippen LogP contribution in [0.3, 0.4) is 0 Å². The molecule has 0 amide bonds. The average molecular weight is 245 g/mol. The number of Topliss-reactive ketones (excluding diaryl/α,β-unsaturated/α-hetero) is 1. The fourth-order valence-electron chi connectivity index (χ4n) is 2.42. The number of ketones is 1. The highest BCUT2D eigenvalue weighted by Crippen LogP contribution is 2.40. The van der Waals surface area contributed by atoms with Crippen molar-refractivity contribution in [3.8, 4) is 0 Å². The molecule has 2 aromatic rings. The maximum atomic E-state index is 12.1. The molecular weight excluding hydrogens is 230 g/mol. The summed E-state index contributed by atoms with van der Waals surface area (Å²) in [5, 5.41) is 0. The smallest absolute Gasteiger partial charge is 0.408 e. The maximum absolute atomic E-state index is 12.1. The highest BCUT2D eigenvalue weighted by Gasteiger charge is 2.39. The SMILES string of the molecule is CCn1c(=O)oc2cc(C(=O)C3CC3C)ccc21. The molecule has 0 radical (unpaired) electrons. The van der Waals surface area contributed by atoms with Crippen molar-refractivity contribution < 1.29 is 9.21 Å². The van der Waals surface area contributed by atoms with Gasteiger partial charge in [0.25, 0.3) is 0 Å². The lowest BCUT2D eigenvalue weighted by Gasteiger charge is -2.00. The van der Waals surface area contributed by atoms with E-state index in [0.29, 0.717) is 23.6 Å². The van der Waals surface area contributed by atoms with Crippen molar-refractivity contribution in [1.29, 1.82) is 0 Å². The minimum atomic E-state index is -0.364. The van der Waals surface area contributed by atoms with Crippen LogP contribution in [0.1, 0.15) is 30.6 Å². The van der Waals surface area contributed by atoms with E-state index < -0.39 is 0 Å². The summed E-state index contributed by atoms with van der Waals surface area (Å²) < 4.78 is 6.72. The molecule has 2 unspecified atom stereocenters. The second kappa shape index (κ2) is 3.83. The Labute approximate surface area is 104 Å². The number of carbonyl (C=O) groups excluding carboxylic acids is 1. The minimum absolute atomic E-state index is 0.155. The predicted molar refractivity (Wildman–Crippen MR) is 67.7 cm³/mol. The molecule has 0 bridgehead atoms. The molecular formula is C14H15NO3. The number of rotatable bonds is 3. The Balaban J connectivity index is 2.06. The monoisotopic (exact) mass is 245 g/mol. The minimum Gasteiger partial charge on any atom is -0.408 e. The van der Waals surface area contributed by atoms with Crippen LogP contribution in [0.4, 0.5) is 0 Å². The van der Waals surface area contributed by atoms with Crippen molar-refractivity contribution in [1.82, 2.24) is 4.57 Å². The zero-order valence-corrected chi connectivity index (χ0v) is 10.5. The summed E-state index contributed by atoms with van der Waals surface area (Å²) in [7, 11) is 0. The first-order valence-electron chi connectivity index (χ1n) is 6.29. The van der Waals surface area contributed by atoms with Gasteiger partial charge in [-0.25, -0.2) is 4.79 Å². The molecule has 3 rings (SSSR count). The molecule has 0 saturated heterocycles. The molecule has 0 aliphatic heterocycles. The fourth-order valence-corrected chi connectivity index (χ4v) is 2.42. The fraction of sp³-hybridized carbons (Fsp3) is 0.429. The van der Waals surface area contributed by atoms with Gasteiger partial charge in [-0.05, 0) is 37.5 Å². The van der Waals surface area contributed by atoms with Gasteiger partial charge in [-0.3, -0.25) is 9.36 Å². The topological polar surface area (TPSA) is 52.2 Å². The van der Waals surface area contributed by atoms with Crippen LogP contribution in [0.5, 0.6) is 0 Å². The van der Waals surface area contributed by atoms with E-state index in [2.05, 4.69) is 6.92 Å². The number of fused-ring (bicyclic) bond motifs is 1. The Morgan fingerprint density at radius 1 is 1.50 bits per heavy atom. The summed E-state index contributed by atoms with van der Waals surface area (Å²) in [6, 6.07) is 5.27. The number of aromatic nitrogens is 1. The lowest BCUT2D eigenvalue weighted by molar-refractivity contribution is 0.0962. The van der Waals surface area contributed by atoms with Gasteiger partial charge in [-0.15, -0.1) is 0 Å². The first-order valence-corrected chi connectivity index (χ1v) is 6.29. The van der Waals surface area contributed by atoms with Crippen molar-refractivity contribution in [2.24, 2.45) is 11.8 Å². The van der Waals surface area contributed by atoms with E-state index in [1.807, 2.05) is 6.92 Å². The molecule has 1 aliphatic carbocycles. The van der Waals surface area contributed by atoms with Gasteiger partial charge in [-0.1, -0.05) is 6.92 Å². The van der Waals surface area contributed by atoms with Gasteiger partial charge in [0.1, 0.15) is 0 Å². The van der Waals surface area contributed by atoms with Gasteiger partial charge < -0.3 is 4.42 Å². The molecule has 1 fully saturated rings. The van der Waals surface area contributed by atoms with Crippen molar-refractivity contribution in [2.45, 2.75) is 26.8 Å². The second-order valence-electron chi connectivity index (χ2n) is 4.98.